The third-order valence-corrected chi connectivity index (χ3v) is 3.19. The summed E-state index contributed by atoms with van der Waals surface area (Å²) in [5.41, 5.74) is 2.29. The SMILES string of the molecule is Brc1ccc2nn(Cc3ccccc3)cc2c1. The van der Waals surface area contributed by atoms with E-state index in [0.717, 1.165) is 21.9 Å². The van der Waals surface area contributed by atoms with Gasteiger partial charge < -0.3 is 0 Å². The number of halogens is 1. The van der Waals surface area contributed by atoms with E-state index in [1.165, 1.54) is 5.56 Å². The van der Waals surface area contributed by atoms with Gasteiger partial charge in [0.1, 0.15) is 0 Å². The van der Waals surface area contributed by atoms with Crippen molar-refractivity contribution in [2.24, 2.45) is 0 Å². The minimum Gasteiger partial charge on any atom is -0.267 e. The quantitative estimate of drug-likeness (QED) is 0.700. The van der Waals surface area contributed by atoms with Crippen molar-refractivity contribution in [3.05, 3.63) is 64.8 Å². The van der Waals surface area contributed by atoms with Crippen molar-refractivity contribution in [1.29, 1.82) is 0 Å². The van der Waals surface area contributed by atoms with E-state index in [1.807, 2.05) is 22.9 Å². The second kappa shape index (κ2) is 4.34. The summed E-state index contributed by atoms with van der Waals surface area (Å²) in [7, 11) is 0. The second-order valence-corrected chi connectivity index (χ2v) is 4.93. The summed E-state index contributed by atoms with van der Waals surface area (Å²) in [6.45, 7) is 0.813. The maximum atomic E-state index is 4.54. The second-order valence-electron chi connectivity index (χ2n) is 4.02. The van der Waals surface area contributed by atoms with Gasteiger partial charge in [-0.25, -0.2) is 0 Å². The van der Waals surface area contributed by atoms with Crippen LogP contribution in [0.2, 0.25) is 0 Å². The van der Waals surface area contributed by atoms with Crippen LogP contribution in [0, 0.1) is 0 Å². The lowest BCUT2D eigenvalue weighted by molar-refractivity contribution is 0.696. The van der Waals surface area contributed by atoms with E-state index in [-0.39, 0.29) is 0 Å². The van der Waals surface area contributed by atoms with Crippen molar-refractivity contribution in [2.75, 3.05) is 0 Å². The van der Waals surface area contributed by atoms with Crippen LogP contribution >= 0.6 is 15.9 Å². The van der Waals surface area contributed by atoms with E-state index in [4.69, 9.17) is 0 Å². The van der Waals surface area contributed by atoms with Gasteiger partial charge in [0, 0.05) is 16.1 Å². The molecule has 0 atom stereocenters. The molecule has 0 aliphatic carbocycles. The molecule has 84 valence electrons. The first-order valence-corrected chi connectivity index (χ1v) is 6.27. The van der Waals surface area contributed by atoms with Gasteiger partial charge in [-0.3, -0.25) is 4.68 Å². The zero-order valence-corrected chi connectivity index (χ0v) is 10.8. The van der Waals surface area contributed by atoms with Crippen LogP contribution in [0.25, 0.3) is 10.9 Å². The Bertz CT molecular complexity index is 644. The van der Waals surface area contributed by atoms with Gasteiger partial charge in [-0.15, -0.1) is 0 Å². The average Bonchev–Trinajstić information content (AvgIpc) is 2.71. The molecule has 3 rings (SSSR count). The average molecular weight is 287 g/mol. The van der Waals surface area contributed by atoms with Crippen molar-refractivity contribution in [2.45, 2.75) is 6.54 Å². The molecular formula is C14H11BrN2. The summed E-state index contributed by atoms with van der Waals surface area (Å²) in [6, 6.07) is 16.5. The van der Waals surface area contributed by atoms with Gasteiger partial charge in [0.05, 0.1) is 12.1 Å². The van der Waals surface area contributed by atoms with E-state index in [9.17, 15) is 0 Å². The highest BCUT2D eigenvalue weighted by atomic mass is 79.9. The minimum absolute atomic E-state index is 0.813. The van der Waals surface area contributed by atoms with Crippen molar-refractivity contribution < 1.29 is 0 Å². The van der Waals surface area contributed by atoms with E-state index < -0.39 is 0 Å². The zero-order chi connectivity index (χ0) is 11.7. The fourth-order valence-corrected chi connectivity index (χ4v) is 2.28. The Morgan fingerprint density at radius 3 is 2.71 bits per heavy atom. The zero-order valence-electron chi connectivity index (χ0n) is 9.18. The molecule has 3 heteroatoms. The number of hydrogen-bond donors (Lipinski definition) is 0. The Hall–Kier alpha value is -1.61. The van der Waals surface area contributed by atoms with Crippen LogP contribution in [0.5, 0.6) is 0 Å². The van der Waals surface area contributed by atoms with Gasteiger partial charge in [-0.2, -0.15) is 5.10 Å². The van der Waals surface area contributed by atoms with Crippen LogP contribution in [-0.4, -0.2) is 9.78 Å². The number of aromatic nitrogens is 2. The molecule has 2 nitrogen and oxygen atoms in total. The van der Waals surface area contributed by atoms with E-state index in [1.54, 1.807) is 0 Å². The molecule has 0 saturated carbocycles. The van der Waals surface area contributed by atoms with E-state index in [0.29, 0.717) is 0 Å². The molecule has 0 radical (unpaired) electrons. The molecule has 17 heavy (non-hydrogen) atoms. The summed E-state index contributed by atoms with van der Waals surface area (Å²) in [5, 5.41) is 5.71. The molecule has 2 aromatic carbocycles. The van der Waals surface area contributed by atoms with Gasteiger partial charge in [-0.1, -0.05) is 46.3 Å². The molecule has 1 heterocycles. The molecule has 0 saturated heterocycles. The fraction of sp³-hybridized carbons (Fsp3) is 0.0714. The molecule has 0 fully saturated rings. The lowest BCUT2D eigenvalue weighted by Crippen LogP contribution is -1.99. The number of benzene rings is 2. The van der Waals surface area contributed by atoms with Crippen molar-refractivity contribution in [3.8, 4) is 0 Å². The monoisotopic (exact) mass is 286 g/mol. The Morgan fingerprint density at radius 2 is 1.88 bits per heavy atom. The summed E-state index contributed by atoms with van der Waals surface area (Å²) >= 11 is 3.47. The molecule has 0 unspecified atom stereocenters. The third-order valence-electron chi connectivity index (χ3n) is 2.70. The van der Waals surface area contributed by atoms with Crippen LogP contribution in [0.4, 0.5) is 0 Å². The molecule has 0 amide bonds. The molecule has 0 spiro atoms. The van der Waals surface area contributed by atoms with Crippen LogP contribution < -0.4 is 0 Å². The molecule has 0 aliphatic heterocycles. The first-order chi connectivity index (χ1) is 8.31. The molecule has 0 N–H and O–H groups in total. The van der Waals surface area contributed by atoms with Gasteiger partial charge in [0.15, 0.2) is 0 Å². The summed E-state index contributed by atoms with van der Waals surface area (Å²) < 4.78 is 3.07. The van der Waals surface area contributed by atoms with Crippen molar-refractivity contribution in [3.63, 3.8) is 0 Å². The number of nitrogens with zero attached hydrogens (tertiary/aromatic N) is 2. The molecule has 0 bridgehead atoms. The Balaban J connectivity index is 1.96. The highest BCUT2D eigenvalue weighted by Gasteiger charge is 2.01. The maximum Gasteiger partial charge on any atom is 0.0924 e. The molecule has 3 aromatic rings. The summed E-state index contributed by atoms with van der Waals surface area (Å²) in [6.07, 6.45) is 2.08. The van der Waals surface area contributed by atoms with Crippen LogP contribution in [0.15, 0.2) is 59.2 Å². The lowest BCUT2D eigenvalue weighted by atomic mass is 10.2. The Kier molecular flexibility index (Phi) is 2.69. The van der Waals surface area contributed by atoms with Crippen molar-refractivity contribution in [1.82, 2.24) is 9.78 Å². The predicted octanol–water partition coefficient (Wildman–Crippen LogP) is 3.85. The van der Waals surface area contributed by atoms with Crippen LogP contribution in [0.3, 0.4) is 0 Å². The maximum absolute atomic E-state index is 4.54. The Morgan fingerprint density at radius 1 is 1.06 bits per heavy atom. The van der Waals surface area contributed by atoms with Gasteiger partial charge in [0.25, 0.3) is 0 Å². The number of fused-ring (bicyclic) bond motifs is 1. The topological polar surface area (TPSA) is 17.8 Å². The summed E-state index contributed by atoms with van der Waals surface area (Å²) in [4.78, 5) is 0. The normalized spacial score (nSPS) is 10.9. The largest absolute Gasteiger partial charge is 0.267 e. The molecular weight excluding hydrogens is 276 g/mol. The van der Waals surface area contributed by atoms with Crippen molar-refractivity contribution >= 4 is 26.8 Å². The Labute approximate surface area is 108 Å². The van der Waals surface area contributed by atoms with Gasteiger partial charge in [0.2, 0.25) is 0 Å². The van der Waals surface area contributed by atoms with E-state index in [2.05, 4.69) is 57.6 Å². The van der Waals surface area contributed by atoms with E-state index >= 15 is 0 Å². The van der Waals surface area contributed by atoms with Gasteiger partial charge >= 0.3 is 0 Å². The summed E-state index contributed by atoms with van der Waals surface area (Å²) in [5.74, 6) is 0. The van der Waals surface area contributed by atoms with Crippen LogP contribution in [-0.2, 0) is 6.54 Å². The number of rotatable bonds is 2. The predicted molar refractivity (Wildman–Crippen MR) is 73.0 cm³/mol. The smallest absolute Gasteiger partial charge is 0.0924 e. The minimum atomic E-state index is 0.813. The highest BCUT2D eigenvalue weighted by Crippen LogP contribution is 2.18. The standard InChI is InChI=1S/C14H11BrN2/c15-13-6-7-14-12(8-13)10-17(16-14)9-11-4-2-1-3-5-11/h1-8,10H,9H2. The highest BCUT2D eigenvalue weighted by molar-refractivity contribution is 9.10. The van der Waals surface area contributed by atoms with Crippen LogP contribution in [0.1, 0.15) is 5.56 Å². The first-order valence-electron chi connectivity index (χ1n) is 5.48. The van der Waals surface area contributed by atoms with Gasteiger partial charge in [-0.05, 0) is 23.8 Å². The molecule has 1 aromatic heterocycles. The first kappa shape index (κ1) is 10.5. The fourth-order valence-electron chi connectivity index (χ4n) is 1.90. The number of hydrogen-bond acceptors (Lipinski definition) is 1. The third kappa shape index (κ3) is 2.24. The molecule has 0 aliphatic rings. The lowest BCUT2D eigenvalue weighted by Gasteiger charge is -2.00.